The summed E-state index contributed by atoms with van der Waals surface area (Å²) in [6.45, 7) is 10.4. The molecule has 1 saturated heterocycles. The molecular formula is C21H32N6O. The Kier molecular flexibility index (Phi) is 5.27. The fourth-order valence-electron chi connectivity index (χ4n) is 4.23. The number of H-pyrrole nitrogens is 1. The maximum atomic E-state index is 13.2. The lowest BCUT2D eigenvalue weighted by Gasteiger charge is -2.34. The zero-order valence-corrected chi connectivity index (χ0v) is 17.5. The van der Waals surface area contributed by atoms with E-state index in [4.69, 9.17) is 0 Å². The number of carbonyl (C=O) groups excluding carboxylic acids is 1. The van der Waals surface area contributed by atoms with Crippen molar-refractivity contribution in [2.24, 2.45) is 18.9 Å². The predicted octanol–water partition coefficient (Wildman–Crippen LogP) is 2.70. The first-order valence-electron chi connectivity index (χ1n) is 10.5. The zero-order chi connectivity index (χ0) is 19.8. The van der Waals surface area contributed by atoms with Crippen molar-refractivity contribution in [3.05, 3.63) is 23.7 Å². The summed E-state index contributed by atoms with van der Waals surface area (Å²) < 4.78 is 1.82. The van der Waals surface area contributed by atoms with Gasteiger partial charge in [0.05, 0.1) is 11.9 Å². The molecule has 0 aromatic carbocycles. The van der Waals surface area contributed by atoms with Gasteiger partial charge in [0, 0.05) is 50.5 Å². The highest BCUT2D eigenvalue weighted by Crippen LogP contribution is 2.32. The van der Waals surface area contributed by atoms with Crippen molar-refractivity contribution in [1.29, 1.82) is 0 Å². The van der Waals surface area contributed by atoms with E-state index in [0.29, 0.717) is 17.7 Å². The van der Waals surface area contributed by atoms with Crippen molar-refractivity contribution < 1.29 is 4.79 Å². The van der Waals surface area contributed by atoms with Gasteiger partial charge in [0.2, 0.25) is 0 Å². The fourth-order valence-corrected chi connectivity index (χ4v) is 4.23. The van der Waals surface area contributed by atoms with Gasteiger partial charge in [-0.25, -0.2) is 0 Å². The lowest BCUT2D eigenvalue weighted by atomic mass is 10.0. The van der Waals surface area contributed by atoms with Crippen LogP contribution in [0.3, 0.4) is 0 Å². The van der Waals surface area contributed by atoms with Crippen molar-refractivity contribution in [3.63, 3.8) is 0 Å². The molecule has 1 atom stereocenters. The maximum Gasteiger partial charge on any atom is 0.271 e. The lowest BCUT2D eigenvalue weighted by Crippen LogP contribution is -2.46. The number of nitrogens with one attached hydrogen (secondary N) is 1. The summed E-state index contributed by atoms with van der Waals surface area (Å²) in [6, 6.07) is 2.29. The molecule has 0 bridgehead atoms. The summed E-state index contributed by atoms with van der Waals surface area (Å²) in [4.78, 5) is 17.9. The number of hydrogen-bond donors (Lipinski definition) is 1. The normalized spacial score (nSPS) is 21.3. The van der Waals surface area contributed by atoms with Gasteiger partial charge in [-0.05, 0) is 44.1 Å². The molecule has 1 saturated carbocycles. The van der Waals surface area contributed by atoms with Crippen LogP contribution in [0.4, 0.5) is 0 Å². The summed E-state index contributed by atoms with van der Waals surface area (Å²) in [5.41, 5.74) is 3.34. The molecule has 1 aliphatic carbocycles. The molecule has 28 heavy (non-hydrogen) atoms. The molecule has 2 aliphatic rings. The van der Waals surface area contributed by atoms with E-state index < -0.39 is 0 Å². The number of hydrogen-bond acceptors (Lipinski definition) is 4. The van der Waals surface area contributed by atoms with Gasteiger partial charge in [-0.15, -0.1) is 0 Å². The van der Waals surface area contributed by atoms with E-state index in [2.05, 4.69) is 34.0 Å². The highest BCUT2D eigenvalue weighted by Gasteiger charge is 2.33. The molecule has 2 aromatic heterocycles. The van der Waals surface area contributed by atoms with Gasteiger partial charge >= 0.3 is 0 Å². The lowest BCUT2D eigenvalue weighted by molar-refractivity contribution is 0.0698. The Balaban J connectivity index is 1.50. The molecule has 1 aliphatic heterocycles. The smallest absolute Gasteiger partial charge is 0.271 e. The maximum absolute atomic E-state index is 13.2. The van der Waals surface area contributed by atoms with E-state index in [1.807, 2.05) is 29.6 Å². The summed E-state index contributed by atoms with van der Waals surface area (Å²) in [6.07, 6.45) is 5.57. The number of aromatic amines is 1. The van der Waals surface area contributed by atoms with E-state index in [1.165, 1.54) is 19.4 Å². The number of nitrogens with zero attached hydrogens (tertiary/aromatic N) is 5. The average Bonchev–Trinajstić information content (AvgIpc) is 3.31. The van der Waals surface area contributed by atoms with Crippen LogP contribution < -0.4 is 0 Å². The van der Waals surface area contributed by atoms with E-state index in [0.717, 1.165) is 48.9 Å². The first-order chi connectivity index (χ1) is 13.4. The molecule has 7 nitrogen and oxygen atoms in total. The average molecular weight is 385 g/mol. The summed E-state index contributed by atoms with van der Waals surface area (Å²) in [5.74, 6) is 1.46. The first-order valence-corrected chi connectivity index (χ1v) is 10.5. The van der Waals surface area contributed by atoms with Crippen molar-refractivity contribution in [3.8, 4) is 11.3 Å². The SMILES string of the molecule is Cc1c(-c2cc(C(=O)N3CCCN(CC4CC4)[C@H](C(C)C)C3)[nH]n2)cnn1C. The second-order valence-corrected chi connectivity index (χ2v) is 8.79. The Bertz CT molecular complexity index is 834. The summed E-state index contributed by atoms with van der Waals surface area (Å²) >= 11 is 0. The third kappa shape index (κ3) is 3.85. The monoisotopic (exact) mass is 384 g/mol. The second-order valence-electron chi connectivity index (χ2n) is 8.79. The Hall–Kier alpha value is -2.15. The van der Waals surface area contributed by atoms with Gasteiger partial charge in [-0.3, -0.25) is 19.5 Å². The van der Waals surface area contributed by atoms with Crippen LogP contribution in [0, 0.1) is 18.8 Å². The molecule has 0 spiro atoms. The number of carbonyl (C=O) groups is 1. The van der Waals surface area contributed by atoms with Crippen LogP contribution in [0.25, 0.3) is 11.3 Å². The highest BCUT2D eigenvalue weighted by atomic mass is 16.2. The van der Waals surface area contributed by atoms with Gasteiger partial charge in [0.25, 0.3) is 5.91 Å². The van der Waals surface area contributed by atoms with Gasteiger partial charge in [-0.2, -0.15) is 10.2 Å². The third-order valence-corrected chi connectivity index (χ3v) is 6.32. The second kappa shape index (κ2) is 7.70. The zero-order valence-electron chi connectivity index (χ0n) is 17.5. The van der Waals surface area contributed by atoms with Crippen LogP contribution in [-0.4, -0.2) is 67.9 Å². The Labute approximate surface area is 167 Å². The third-order valence-electron chi connectivity index (χ3n) is 6.32. The molecule has 1 N–H and O–H groups in total. The van der Waals surface area contributed by atoms with Crippen LogP contribution in [0.2, 0.25) is 0 Å². The minimum atomic E-state index is 0.0548. The Morgan fingerprint density at radius 3 is 2.75 bits per heavy atom. The number of amides is 1. The Morgan fingerprint density at radius 2 is 2.11 bits per heavy atom. The standard InChI is InChI=1S/C21H32N6O/c1-14(2)20-13-27(9-5-8-26(20)12-16-6-7-16)21(28)19-10-18(23-24-19)17-11-22-25(4)15(17)3/h10-11,14,16,20H,5-9,12-13H2,1-4H3,(H,23,24)/t20-/m0/s1. The van der Waals surface area contributed by atoms with Gasteiger partial charge in [0.1, 0.15) is 5.69 Å². The molecule has 3 heterocycles. The van der Waals surface area contributed by atoms with E-state index in [9.17, 15) is 4.79 Å². The van der Waals surface area contributed by atoms with E-state index in [1.54, 1.807) is 6.20 Å². The first kappa shape index (κ1) is 19.2. The molecule has 7 heteroatoms. The van der Waals surface area contributed by atoms with E-state index in [-0.39, 0.29) is 5.91 Å². The molecule has 0 radical (unpaired) electrons. The van der Waals surface area contributed by atoms with Crippen molar-refractivity contribution in [2.75, 3.05) is 26.2 Å². The highest BCUT2D eigenvalue weighted by molar-refractivity contribution is 5.93. The van der Waals surface area contributed by atoms with Crippen LogP contribution >= 0.6 is 0 Å². The summed E-state index contributed by atoms with van der Waals surface area (Å²) in [7, 11) is 1.91. The molecule has 2 fully saturated rings. The topological polar surface area (TPSA) is 70.1 Å². The van der Waals surface area contributed by atoms with Gasteiger partial charge in [0.15, 0.2) is 0 Å². The predicted molar refractivity (Wildman–Crippen MR) is 109 cm³/mol. The number of aromatic nitrogens is 4. The molecule has 4 rings (SSSR count). The van der Waals surface area contributed by atoms with Gasteiger partial charge < -0.3 is 4.90 Å². The molecule has 152 valence electrons. The minimum Gasteiger partial charge on any atom is -0.336 e. The quantitative estimate of drug-likeness (QED) is 0.860. The van der Waals surface area contributed by atoms with Crippen molar-refractivity contribution in [2.45, 2.75) is 46.1 Å². The van der Waals surface area contributed by atoms with Crippen LogP contribution in [-0.2, 0) is 7.05 Å². The minimum absolute atomic E-state index is 0.0548. The molecule has 2 aromatic rings. The largest absolute Gasteiger partial charge is 0.336 e. The fraction of sp³-hybridized carbons (Fsp3) is 0.667. The molecule has 1 amide bonds. The number of rotatable bonds is 5. The van der Waals surface area contributed by atoms with Crippen molar-refractivity contribution >= 4 is 5.91 Å². The van der Waals surface area contributed by atoms with Crippen LogP contribution in [0.5, 0.6) is 0 Å². The molecular weight excluding hydrogens is 352 g/mol. The van der Waals surface area contributed by atoms with Crippen molar-refractivity contribution in [1.82, 2.24) is 29.8 Å². The molecule has 0 unspecified atom stereocenters. The summed E-state index contributed by atoms with van der Waals surface area (Å²) in [5, 5.41) is 11.6. The Morgan fingerprint density at radius 1 is 1.32 bits per heavy atom. The van der Waals surface area contributed by atoms with E-state index >= 15 is 0 Å². The van der Waals surface area contributed by atoms with Gasteiger partial charge in [-0.1, -0.05) is 13.8 Å². The van der Waals surface area contributed by atoms with Crippen LogP contribution in [0.1, 0.15) is 49.3 Å². The number of aryl methyl sites for hydroxylation is 1. The van der Waals surface area contributed by atoms with Crippen LogP contribution in [0.15, 0.2) is 12.3 Å².